The third-order valence-electron chi connectivity index (χ3n) is 4.26. The number of aryl methyl sites for hydroxylation is 1. The van der Waals surface area contributed by atoms with Crippen LogP contribution in [0.3, 0.4) is 0 Å². The molecule has 8 nitrogen and oxygen atoms in total. The minimum absolute atomic E-state index is 0.248. The zero-order valence-corrected chi connectivity index (χ0v) is 16.6. The van der Waals surface area contributed by atoms with E-state index >= 15 is 0 Å². The van der Waals surface area contributed by atoms with Crippen molar-refractivity contribution in [2.45, 2.75) is 19.9 Å². The molecule has 0 bridgehead atoms. The predicted molar refractivity (Wildman–Crippen MR) is 109 cm³/mol. The van der Waals surface area contributed by atoms with E-state index in [1.807, 2.05) is 55.6 Å². The molecular weight excluding hydrogens is 388 g/mol. The molecule has 0 aliphatic rings. The second kappa shape index (κ2) is 8.19. The lowest BCUT2D eigenvalue weighted by molar-refractivity contribution is 0.197. The minimum atomic E-state index is -0.559. The van der Waals surface area contributed by atoms with Crippen LogP contribution in [0.25, 0.3) is 16.8 Å². The first kappa shape index (κ1) is 18.8. The molecule has 9 heteroatoms. The molecule has 0 fully saturated rings. The van der Waals surface area contributed by atoms with Crippen LogP contribution in [0.5, 0.6) is 5.75 Å². The van der Waals surface area contributed by atoms with Crippen LogP contribution < -0.4 is 10.1 Å². The maximum atomic E-state index is 12.4. The number of nitrogens with zero attached hydrogens (tertiary/aromatic N) is 5. The second-order valence-corrected chi connectivity index (χ2v) is 7.39. The van der Waals surface area contributed by atoms with Crippen molar-refractivity contribution in [3.63, 3.8) is 0 Å². The monoisotopic (exact) mass is 406 g/mol. The average molecular weight is 406 g/mol. The van der Waals surface area contributed by atoms with Crippen LogP contribution in [0.2, 0.25) is 0 Å². The summed E-state index contributed by atoms with van der Waals surface area (Å²) < 4.78 is 7.07. The van der Waals surface area contributed by atoms with Gasteiger partial charge in [0.05, 0.1) is 11.7 Å². The summed E-state index contributed by atoms with van der Waals surface area (Å²) in [7, 11) is 0. The summed E-state index contributed by atoms with van der Waals surface area (Å²) in [6, 6.07) is 13.3. The maximum Gasteiger partial charge on any atom is 0.413 e. The smallest absolute Gasteiger partial charge is 0.410 e. The van der Waals surface area contributed by atoms with Gasteiger partial charge in [0.25, 0.3) is 0 Å². The van der Waals surface area contributed by atoms with Crippen LogP contribution in [0.4, 0.5) is 4.79 Å². The van der Waals surface area contributed by atoms with Crippen LogP contribution in [-0.4, -0.2) is 31.3 Å². The fourth-order valence-electron chi connectivity index (χ4n) is 2.79. The van der Waals surface area contributed by atoms with E-state index in [1.54, 1.807) is 12.3 Å². The van der Waals surface area contributed by atoms with Gasteiger partial charge in [-0.3, -0.25) is 0 Å². The highest BCUT2D eigenvalue weighted by atomic mass is 32.1. The first-order valence-corrected chi connectivity index (χ1v) is 9.80. The summed E-state index contributed by atoms with van der Waals surface area (Å²) in [6.07, 6.45) is 2.63. The molecule has 1 N–H and O–H groups in total. The Labute approximate surface area is 171 Å². The molecule has 2 heterocycles. The Kier molecular flexibility index (Phi) is 5.30. The van der Waals surface area contributed by atoms with E-state index in [0.717, 1.165) is 21.7 Å². The molecule has 2 aromatic heterocycles. The Morgan fingerprint density at radius 2 is 2.00 bits per heavy atom. The molecule has 1 atom stereocenters. The van der Waals surface area contributed by atoms with E-state index in [2.05, 4.69) is 25.8 Å². The number of rotatable bonds is 5. The van der Waals surface area contributed by atoms with Crippen molar-refractivity contribution in [3.8, 4) is 22.6 Å². The quantitative estimate of drug-likeness (QED) is 0.539. The number of carbonyl (C=O) groups is 1. The van der Waals surface area contributed by atoms with Crippen molar-refractivity contribution in [3.05, 3.63) is 70.9 Å². The number of aromatic nitrogens is 5. The van der Waals surface area contributed by atoms with E-state index in [-0.39, 0.29) is 6.04 Å². The number of amides is 1. The summed E-state index contributed by atoms with van der Waals surface area (Å²) in [5.41, 5.74) is 3.72. The number of nitrogens with one attached hydrogen (secondary N) is 1. The van der Waals surface area contributed by atoms with Crippen LogP contribution in [-0.2, 0) is 0 Å². The zero-order chi connectivity index (χ0) is 20.2. The van der Waals surface area contributed by atoms with Crippen molar-refractivity contribution in [1.82, 2.24) is 30.5 Å². The van der Waals surface area contributed by atoms with E-state index in [1.165, 1.54) is 22.3 Å². The molecule has 1 unspecified atom stereocenters. The van der Waals surface area contributed by atoms with Crippen molar-refractivity contribution in [2.24, 2.45) is 0 Å². The molecule has 1 amide bonds. The lowest BCUT2D eigenvalue weighted by atomic mass is 10.0. The van der Waals surface area contributed by atoms with Crippen molar-refractivity contribution < 1.29 is 9.53 Å². The number of hydrogen-bond acceptors (Lipinski definition) is 7. The third kappa shape index (κ3) is 4.46. The van der Waals surface area contributed by atoms with E-state index < -0.39 is 6.09 Å². The SMILES string of the molecule is Cc1ccc(-c2cc(OC(=O)NC(C)c3nccs3)cc(-n3cnnn3)c2)cc1. The van der Waals surface area contributed by atoms with Gasteiger partial charge in [0, 0.05) is 17.6 Å². The highest BCUT2D eigenvalue weighted by Gasteiger charge is 2.15. The van der Waals surface area contributed by atoms with Gasteiger partial charge in [0.1, 0.15) is 17.1 Å². The summed E-state index contributed by atoms with van der Waals surface area (Å²) in [6.45, 7) is 3.89. The molecule has 0 aliphatic heterocycles. The molecule has 0 spiro atoms. The summed E-state index contributed by atoms with van der Waals surface area (Å²) in [5, 5.41) is 16.8. The van der Waals surface area contributed by atoms with Crippen LogP contribution in [0.1, 0.15) is 23.5 Å². The lowest BCUT2D eigenvalue weighted by Crippen LogP contribution is -2.29. The Bertz CT molecular complexity index is 1090. The van der Waals surface area contributed by atoms with Gasteiger partial charge in [-0.25, -0.2) is 14.5 Å². The average Bonchev–Trinajstić information content (AvgIpc) is 3.42. The van der Waals surface area contributed by atoms with Crippen molar-refractivity contribution in [2.75, 3.05) is 0 Å². The number of tetrazole rings is 1. The van der Waals surface area contributed by atoms with Crippen LogP contribution >= 0.6 is 11.3 Å². The number of thiazole rings is 1. The molecule has 0 aliphatic carbocycles. The molecule has 0 saturated heterocycles. The third-order valence-corrected chi connectivity index (χ3v) is 5.21. The molecular formula is C20H18N6O2S. The van der Waals surface area contributed by atoms with Gasteiger partial charge in [-0.05, 0) is 47.5 Å². The number of carbonyl (C=O) groups excluding carboxylic acids is 1. The number of ether oxygens (including phenoxy) is 1. The standard InChI is InChI=1S/C20H18N6O2S/c1-13-3-5-15(6-4-13)16-9-17(26-12-22-24-25-26)11-18(10-16)28-20(27)23-14(2)19-21-7-8-29-19/h3-12,14H,1-2H3,(H,23,27). The Hall–Kier alpha value is -3.59. The van der Waals surface area contributed by atoms with Gasteiger partial charge in [-0.15, -0.1) is 16.4 Å². The predicted octanol–water partition coefficient (Wildman–Crippen LogP) is 3.94. The van der Waals surface area contributed by atoms with E-state index in [0.29, 0.717) is 11.4 Å². The number of hydrogen-bond donors (Lipinski definition) is 1. The molecule has 0 radical (unpaired) electrons. The topological polar surface area (TPSA) is 94.8 Å². The lowest BCUT2D eigenvalue weighted by Gasteiger charge is -2.13. The highest BCUT2D eigenvalue weighted by Crippen LogP contribution is 2.28. The molecule has 2 aromatic carbocycles. The van der Waals surface area contributed by atoms with Gasteiger partial charge in [0.15, 0.2) is 0 Å². The Morgan fingerprint density at radius 1 is 1.17 bits per heavy atom. The molecule has 146 valence electrons. The summed E-state index contributed by atoms with van der Waals surface area (Å²) in [5.74, 6) is 0.386. The fraction of sp³-hybridized carbons (Fsp3) is 0.150. The van der Waals surface area contributed by atoms with Gasteiger partial charge >= 0.3 is 6.09 Å². The first-order chi connectivity index (χ1) is 14.1. The van der Waals surface area contributed by atoms with Gasteiger partial charge in [-0.1, -0.05) is 29.8 Å². The van der Waals surface area contributed by atoms with Crippen LogP contribution in [0, 0.1) is 6.92 Å². The van der Waals surface area contributed by atoms with Crippen molar-refractivity contribution >= 4 is 17.4 Å². The van der Waals surface area contributed by atoms with E-state index in [9.17, 15) is 4.79 Å². The van der Waals surface area contributed by atoms with E-state index in [4.69, 9.17) is 4.74 Å². The van der Waals surface area contributed by atoms with Gasteiger partial charge in [0.2, 0.25) is 0 Å². The van der Waals surface area contributed by atoms with Gasteiger partial charge in [-0.2, -0.15) is 0 Å². The largest absolute Gasteiger partial charge is 0.413 e. The molecule has 0 saturated carbocycles. The maximum absolute atomic E-state index is 12.4. The second-order valence-electron chi connectivity index (χ2n) is 6.46. The molecule has 4 aromatic rings. The van der Waals surface area contributed by atoms with Gasteiger partial charge < -0.3 is 10.1 Å². The van der Waals surface area contributed by atoms with Crippen LogP contribution in [0.15, 0.2) is 60.4 Å². The Balaban J connectivity index is 1.61. The zero-order valence-electron chi connectivity index (χ0n) is 15.8. The number of benzene rings is 2. The Morgan fingerprint density at radius 3 is 2.69 bits per heavy atom. The minimum Gasteiger partial charge on any atom is -0.410 e. The summed E-state index contributed by atoms with van der Waals surface area (Å²) in [4.78, 5) is 16.6. The first-order valence-electron chi connectivity index (χ1n) is 8.92. The summed E-state index contributed by atoms with van der Waals surface area (Å²) >= 11 is 1.47. The molecule has 4 rings (SSSR count). The normalized spacial score (nSPS) is 11.8. The van der Waals surface area contributed by atoms with Crippen molar-refractivity contribution in [1.29, 1.82) is 0 Å². The molecule has 29 heavy (non-hydrogen) atoms. The fourth-order valence-corrected chi connectivity index (χ4v) is 3.44. The highest BCUT2D eigenvalue weighted by molar-refractivity contribution is 7.09.